The van der Waals surface area contributed by atoms with Crippen molar-refractivity contribution in [1.29, 1.82) is 0 Å². The highest BCUT2D eigenvalue weighted by atomic mass is 79.9. The summed E-state index contributed by atoms with van der Waals surface area (Å²) in [4.78, 5) is 28.5. The Kier molecular flexibility index (Phi) is 9.13. The second kappa shape index (κ2) is 12.0. The molecule has 0 heterocycles. The molecule has 0 aromatic heterocycles. The first-order valence-corrected chi connectivity index (χ1v) is 12.2. The lowest BCUT2D eigenvalue weighted by molar-refractivity contribution is -0.141. The van der Waals surface area contributed by atoms with Gasteiger partial charge >= 0.3 is 0 Å². The highest BCUT2D eigenvalue weighted by molar-refractivity contribution is 9.10. The van der Waals surface area contributed by atoms with Crippen molar-refractivity contribution in [2.75, 3.05) is 0 Å². The zero-order chi connectivity index (χ0) is 22.1. The van der Waals surface area contributed by atoms with Crippen molar-refractivity contribution in [1.82, 2.24) is 10.2 Å². The number of carbonyl (C=O) groups excluding carboxylic acids is 2. The Morgan fingerprint density at radius 2 is 1.68 bits per heavy atom. The van der Waals surface area contributed by atoms with E-state index in [2.05, 4.69) is 21.2 Å². The molecule has 1 aliphatic carbocycles. The summed E-state index contributed by atoms with van der Waals surface area (Å²) in [5.74, 6) is 0.00228. The molecule has 1 fully saturated rings. The molecule has 5 heteroatoms. The number of nitrogens with one attached hydrogen (secondary N) is 1. The third-order valence-corrected chi connectivity index (χ3v) is 6.48. The Balaban J connectivity index is 1.87. The summed E-state index contributed by atoms with van der Waals surface area (Å²) >= 11 is 3.47. The van der Waals surface area contributed by atoms with Crippen LogP contribution in [0.15, 0.2) is 59.1 Å². The van der Waals surface area contributed by atoms with E-state index in [1.165, 1.54) is 6.42 Å². The first kappa shape index (κ1) is 23.5. The van der Waals surface area contributed by atoms with E-state index in [-0.39, 0.29) is 17.9 Å². The predicted molar refractivity (Wildman–Crippen MR) is 129 cm³/mol. The normalized spacial score (nSPS) is 15.3. The Labute approximate surface area is 194 Å². The summed E-state index contributed by atoms with van der Waals surface area (Å²) in [6.45, 7) is 2.44. The lowest BCUT2D eigenvalue weighted by Gasteiger charge is -2.33. The lowest BCUT2D eigenvalue weighted by atomic mass is 9.94. The van der Waals surface area contributed by atoms with Crippen LogP contribution < -0.4 is 5.32 Å². The SMILES string of the molecule is CCCC(=O)N(Cc1ccc(Br)cc1)[C@H](Cc1ccccc1)C(=O)NC1CCCCC1. The maximum atomic E-state index is 13.5. The minimum atomic E-state index is -0.521. The van der Waals surface area contributed by atoms with Gasteiger partial charge < -0.3 is 10.2 Å². The zero-order valence-electron chi connectivity index (χ0n) is 18.4. The summed E-state index contributed by atoms with van der Waals surface area (Å²) in [6, 6.07) is 17.7. The van der Waals surface area contributed by atoms with Crippen molar-refractivity contribution < 1.29 is 9.59 Å². The molecule has 0 aliphatic heterocycles. The Hall–Kier alpha value is -2.14. The van der Waals surface area contributed by atoms with Crippen molar-refractivity contribution in [3.05, 3.63) is 70.2 Å². The van der Waals surface area contributed by atoms with Crippen molar-refractivity contribution in [3.8, 4) is 0 Å². The Morgan fingerprint density at radius 1 is 1.00 bits per heavy atom. The van der Waals surface area contributed by atoms with Gasteiger partial charge in [-0.15, -0.1) is 0 Å². The van der Waals surface area contributed by atoms with E-state index < -0.39 is 6.04 Å². The van der Waals surface area contributed by atoms with Crippen LogP contribution in [0, 0.1) is 0 Å². The van der Waals surface area contributed by atoms with E-state index in [1.807, 2.05) is 61.5 Å². The number of nitrogens with zero attached hydrogens (tertiary/aromatic N) is 1. The fraction of sp³-hybridized carbons (Fsp3) is 0.462. The molecule has 2 aromatic rings. The third-order valence-electron chi connectivity index (χ3n) is 5.95. The monoisotopic (exact) mass is 484 g/mol. The summed E-state index contributed by atoms with van der Waals surface area (Å²) in [6.07, 6.45) is 7.34. The summed E-state index contributed by atoms with van der Waals surface area (Å²) < 4.78 is 0.999. The minimum absolute atomic E-state index is 0.0303. The Morgan fingerprint density at radius 3 is 2.32 bits per heavy atom. The number of benzene rings is 2. The molecule has 1 atom stereocenters. The first-order valence-electron chi connectivity index (χ1n) is 11.4. The number of amides is 2. The molecule has 3 rings (SSSR count). The van der Waals surface area contributed by atoms with Gasteiger partial charge in [0.2, 0.25) is 11.8 Å². The van der Waals surface area contributed by atoms with Gasteiger partial charge in [-0.25, -0.2) is 0 Å². The molecule has 0 saturated heterocycles. The van der Waals surface area contributed by atoms with Crippen LogP contribution in [-0.2, 0) is 22.6 Å². The van der Waals surface area contributed by atoms with E-state index in [9.17, 15) is 9.59 Å². The molecule has 4 nitrogen and oxygen atoms in total. The van der Waals surface area contributed by atoms with E-state index >= 15 is 0 Å². The lowest BCUT2D eigenvalue weighted by Crippen LogP contribution is -2.52. The second-order valence-electron chi connectivity index (χ2n) is 8.45. The number of hydrogen-bond donors (Lipinski definition) is 1. The second-order valence-corrected chi connectivity index (χ2v) is 9.36. The van der Waals surface area contributed by atoms with E-state index in [1.54, 1.807) is 4.90 Å². The predicted octanol–water partition coefficient (Wildman–Crippen LogP) is 5.64. The molecular formula is C26H33BrN2O2. The molecular weight excluding hydrogens is 452 g/mol. The topological polar surface area (TPSA) is 49.4 Å². The van der Waals surface area contributed by atoms with Gasteiger partial charge in [0.1, 0.15) is 6.04 Å². The fourth-order valence-electron chi connectivity index (χ4n) is 4.24. The largest absolute Gasteiger partial charge is 0.352 e. The van der Waals surface area contributed by atoms with Crippen LogP contribution in [-0.4, -0.2) is 28.8 Å². The molecule has 0 radical (unpaired) electrons. The van der Waals surface area contributed by atoms with Crippen LogP contribution >= 0.6 is 15.9 Å². The number of hydrogen-bond acceptors (Lipinski definition) is 2. The minimum Gasteiger partial charge on any atom is -0.352 e. The smallest absolute Gasteiger partial charge is 0.243 e. The molecule has 1 saturated carbocycles. The van der Waals surface area contributed by atoms with Gasteiger partial charge in [-0.2, -0.15) is 0 Å². The van der Waals surface area contributed by atoms with Crippen LogP contribution in [0.25, 0.3) is 0 Å². The van der Waals surface area contributed by atoms with E-state index in [0.717, 1.165) is 47.7 Å². The standard InChI is InChI=1S/C26H33BrN2O2/c1-2-9-25(30)29(19-21-14-16-22(27)17-15-21)24(18-20-10-5-3-6-11-20)26(31)28-23-12-7-4-8-13-23/h3,5-6,10-11,14-17,23-24H,2,4,7-9,12-13,18-19H2,1H3,(H,28,31)/t24-/m1/s1. The molecule has 1 aliphatic rings. The Bertz CT molecular complexity index is 832. The van der Waals surface area contributed by atoms with Crippen molar-refractivity contribution in [3.63, 3.8) is 0 Å². The average molecular weight is 485 g/mol. The number of rotatable bonds is 9. The molecule has 0 spiro atoms. The van der Waals surface area contributed by atoms with Crippen LogP contribution in [0.4, 0.5) is 0 Å². The summed E-state index contributed by atoms with van der Waals surface area (Å²) in [7, 11) is 0. The van der Waals surface area contributed by atoms with Gasteiger partial charge in [-0.1, -0.05) is 84.6 Å². The zero-order valence-corrected chi connectivity index (χ0v) is 19.9. The fourth-order valence-corrected chi connectivity index (χ4v) is 4.51. The van der Waals surface area contributed by atoms with Gasteiger partial charge in [0.25, 0.3) is 0 Å². The van der Waals surface area contributed by atoms with Crippen molar-refractivity contribution in [2.45, 2.75) is 76.9 Å². The van der Waals surface area contributed by atoms with Gasteiger partial charge in [0.05, 0.1) is 0 Å². The maximum Gasteiger partial charge on any atom is 0.243 e. The molecule has 0 bridgehead atoms. The molecule has 2 amide bonds. The van der Waals surface area contributed by atoms with E-state index in [0.29, 0.717) is 19.4 Å². The third kappa shape index (κ3) is 7.20. The molecule has 0 unspecified atom stereocenters. The summed E-state index contributed by atoms with van der Waals surface area (Å²) in [5, 5.41) is 3.27. The molecule has 31 heavy (non-hydrogen) atoms. The highest BCUT2D eigenvalue weighted by Gasteiger charge is 2.31. The maximum absolute atomic E-state index is 13.5. The average Bonchev–Trinajstić information content (AvgIpc) is 2.79. The van der Waals surface area contributed by atoms with Crippen molar-refractivity contribution in [2.24, 2.45) is 0 Å². The van der Waals surface area contributed by atoms with Crippen LogP contribution in [0.2, 0.25) is 0 Å². The number of halogens is 1. The van der Waals surface area contributed by atoms with Gasteiger partial charge in [-0.05, 0) is 42.5 Å². The van der Waals surface area contributed by atoms with Gasteiger partial charge in [0, 0.05) is 29.9 Å². The van der Waals surface area contributed by atoms with Gasteiger partial charge in [0.15, 0.2) is 0 Å². The van der Waals surface area contributed by atoms with E-state index in [4.69, 9.17) is 0 Å². The summed E-state index contributed by atoms with van der Waals surface area (Å²) in [5.41, 5.74) is 2.09. The van der Waals surface area contributed by atoms with Crippen LogP contribution in [0.5, 0.6) is 0 Å². The molecule has 1 N–H and O–H groups in total. The van der Waals surface area contributed by atoms with Crippen LogP contribution in [0.1, 0.15) is 63.0 Å². The van der Waals surface area contributed by atoms with Crippen LogP contribution in [0.3, 0.4) is 0 Å². The quantitative estimate of drug-likeness (QED) is 0.500. The molecule has 166 valence electrons. The highest BCUT2D eigenvalue weighted by Crippen LogP contribution is 2.21. The number of carbonyl (C=O) groups is 2. The molecule has 2 aromatic carbocycles. The first-order chi connectivity index (χ1) is 15.1. The van der Waals surface area contributed by atoms with Crippen molar-refractivity contribution >= 4 is 27.7 Å². The van der Waals surface area contributed by atoms with Gasteiger partial charge in [-0.3, -0.25) is 9.59 Å².